The Labute approximate surface area is 242 Å². The smallest absolute Gasteiger partial charge is 0.327 e. The molecule has 1 aromatic heterocycles. The number of benzene rings is 3. The number of nitrogens with zero attached hydrogens (tertiary/aromatic N) is 3. The zero-order chi connectivity index (χ0) is 27.8. The molecular weight excluding hydrogens is 534 g/mol. The van der Waals surface area contributed by atoms with Crippen LogP contribution >= 0.6 is 11.8 Å². The fraction of sp³-hybridized carbons (Fsp3) is 0.219. The largest absolute Gasteiger partial charge is 0.457 e. The van der Waals surface area contributed by atoms with Crippen LogP contribution in [0.25, 0.3) is 0 Å². The predicted octanol–water partition coefficient (Wildman–Crippen LogP) is 5.64. The quantitative estimate of drug-likeness (QED) is 0.303. The number of nitrogens with one attached hydrogen (secondary N) is 2. The molecule has 2 N–H and O–H groups in total. The van der Waals surface area contributed by atoms with Crippen molar-refractivity contribution in [2.24, 2.45) is 0 Å². The second-order valence-electron chi connectivity index (χ2n) is 10.5. The molecule has 206 valence electrons. The first-order valence-corrected chi connectivity index (χ1v) is 14.7. The maximum atomic E-state index is 13.5. The number of pyridine rings is 1. The van der Waals surface area contributed by atoms with Gasteiger partial charge in [0.1, 0.15) is 21.8 Å². The third kappa shape index (κ3) is 5.14. The van der Waals surface area contributed by atoms with Crippen LogP contribution in [-0.2, 0) is 11.3 Å². The zero-order valence-electron chi connectivity index (χ0n) is 22.3. The normalized spacial score (nSPS) is 21.3. The van der Waals surface area contributed by atoms with E-state index in [1.165, 1.54) is 17.3 Å². The number of hydrogen-bond donors (Lipinski definition) is 2. The molecule has 9 heteroatoms. The molecule has 1 fully saturated rings. The molecule has 3 aliphatic rings. The summed E-state index contributed by atoms with van der Waals surface area (Å²) in [5.41, 5.74) is 3.61. The van der Waals surface area contributed by atoms with E-state index in [1.54, 1.807) is 11.1 Å². The standard InChI is InChI=1S/C32H29N5O3S/c38-30(34-22-16-18-36(20-22)19-21-7-3-1-4-8-21)29-28-27-26(15-17-33-31(27)41-29)37(32(39)35-28)23-11-13-25(14-12-23)40-24-9-5-2-6-10-24/h1-15,17,22,28-29H,16,18-20H2,(H,34,38)(H,35,39)/t22?,28?,29-/m0/s1. The fourth-order valence-corrected chi connectivity index (χ4v) is 7.02. The Hall–Kier alpha value is -4.34. The van der Waals surface area contributed by atoms with Gasteiger partial charge in [0.05, 0.1) is 17.4 Å². The molecule has 3 aliphatic heterocycles. The number of aromatic nitrogens is 1. The van der Waals surface area contributed by atoms with Crippen molar-refractivity contribution in [3.63, 3.8) is 0 Å². The second-order valence-corrected chi connectivity index (χ2v) is 11.6. The maximum absolute atomic E-state index is 13.5. The minimum absolute atomic E-state index is 0.0633. The van der Waals surface area contributed by atoms with Crippen LogP contribution in [0.1, 0.15) is 23.6 Å². The van der Waals surface area contributed by atoms with E-state index in [4.69, 9.17) is 4.74 Å². The molecule has 3 amide bonds. The molecule has 0 saturated carbocycles. The third-order valence-corrected chi connectivity index (χ3v) is 8.99. The number of anilines is 2. The van der Waals surface area contributed by atoms with Crippen LogP contribution in [0.4, 0.5) is 16.2 Å². The zero-order valence-corrected chi connectivity index (χ0v) is 23.1. The third-order valence-electron chi connectivity index (χ3n) is 7.71. The maximum Gasteiger partial charge on any atom is 0.327 e. The summed E-state index contributed by atoms with van der Waals surface area (Å²) in [5, 5.41) is 6.65. The molecule has 7 rings (SSSR count). The van der Waals surface area contributed by atoms with Gasteiger partial charge in [0, 0.05) is 37.4 Å². The second kappa shape index (κ2) is 10.9. The number of thioether (sulfide) groups is 1. The molecule has 0 spiro atoms. The minimum Gasteiger partial charge on any atom is -0.457 e. The van der Waals surface area contributed by atoms with E-state index in [0.29, 0.717) is 11.4 Å². The monoisotopic (exact) mass is 563 g/mol. The summed E-state index contributed by atoms with van der Waals surface area (Å²) >= 11 is 1.42. The molecule has 0 radical (unpaired) electrons. The van der Waals surface area contributed by atoms with Crippen molar-refractivity contribution in [2.45, 2.75) is 35.3 Å². The summed E-state index contributed by atoms with van der Waals surface area (Å²) in [5.74, 6) is 1.36. The van der Waals surface area contributed by atoms with Crippen LogP contribution < -0.4 is 20.3 Å². The lowest BCUT2D eigenvalue weighted by Gasteiger charge is -2.34. The number of rotatable bonds is 7. The summed E-state index contributed by atoms with van der Waals surface area (Å²) < 4.78 is 5.91. The van der Waals surface area contributed by atoms with Gasteiger partial charge in [-0.15, -0.1) is 0 Å². The van der Waals surface area contributed by atoms with Gasteiger partial charge in [-0.3, -0.25) is 14.6 Å². The molecule has 41 heavy (non-hydrogen) atoms. The van der Waals surface area contributed by atoms with Crippen molar-refractivity contribution in [2.75, 3.05) is 18.0 Å². The average Bonchev–Trinajstić information content (AvgIpc) is 3.59. The summed E-state index contributed by atoms with van der Waals surface area (Å²) in [4.78, 5) is 35.6. The molecule has 1 saturated heterocycles. The van der Waals surface area contributed by atoms with E-state index in [1.807, 2.05) is 66.7 Å². The first-order chi connectivity index (χ1) is 20.1. The Morgan fingerprint density at radius 1 is 0.976 bits per heavy atom. The summed E-state index contributed by atoms with van der Waals surface area (Å²) in [6.07, 6.45) is 2.61. The first kappa shape index (κ1) is 25.6. The van der Waals surface area contributed by atoms with Crippen molar-refractivity contribution >= 4 is 35.1 Å². The number of urea groups is 1. The number of likely N-dealkylation sites (tertiary alicyclic amines) is 1. The SMILES string of the molecule is O=C(NC1CCN(Cc2ccccc2)C1)[C@H]1Sc2nccc3c2C1NC(=O)N3c1ccc(Oc2ccccc2)cc1. The van der Waals surface area contributed by atoms with Crippen LogP contribution in [0.2, 0.25) is 0 Å². The van der Waals surface area contributed by atoms with Gasteiger partial charge in [0.2, 0.25) is 5.91 Å². The van der Waals surface area contributed by atoms with Gasteiger partial charge in [-0.25, -0.2) is 9.78 Å². The topological polar surface area (TPSA) is 86.8 Å². The molecule has 2 unspecified atom stereocenters. The number of ether oxygens (including phenoxy) is 1. The van der Waals surface area contributed by atoms with Gasteiger partial charge in [-0.2, -0.15) is 0 Å². The molecule has 4 heterocycles. The lowest BCUT2D eigenvalue weighted by Crippen LogP contribution is -2.50. The number of amides is 3. The molecule has 3 aromatic carbocycles. The van der Waals surface area contributed by atoms with E-state index in [2.05, 4.69) is 44.8 Å². The minimum atomic E-state index is -0.477. The van der Waals surface area contributed by atoms with Crippen LogP contribution in [0.3, 0.4) is 0 Å². The van der Waals surface area contributed by atoms with Crippen LogP contribution in [0.15, 0.2) is 102 Å². The fourth-order valence-electron chi connectivity index (χ4n) is 5.79. The molecule has 3 atom stereocenters. The predicted molar refractivity (Wildman–Crippen MR) is 159 cm³/mol. The van der Waals surface area contributed by atoms with Crippen molar-refractivity contribution in [1.82, 2.24) is 20.5 Å². The van der Waals surface area contributed by atoms with Crippen LogP contribution in [0.5, 0.6) is 11.5 Å². The van der Waals surface area contributed by atoms with Gasteiger partial charge < -0.3 is 15.4 Å². The summed E-state index contributed by atoms with van der Waals surface area (Å²) in [6, 6.07) is 28.6. The van der Waals surface area contributed by atoms with Gasteiger partial charge in [0.15, 0.2) is 0 Å². The van der Waals surface area contributed by atoms with E-state index in [9.17, 15) is 9.59 Å². The van der Waals surface area contributed by atoms with Gasteiger partial charge in [-0.05, 0) is 54.4 Å². The Kier molecular flexibility index (Phi) is 6.82. The highest BCUT2D eigenvalue weighted by molar-refractivity contribution is 8.01. The van der Waals surface area contributed by atoms with Gasteiger partial charge in [-0.1, -0.05) is 60.3 Å². The van der Waals surface area contributed by atoms with Gasteiger partial charge in [0.25, 0.3) is 0 Å². The molecule has 0 bridgehead atoms. The molecular formula is C32H29N5O3S. The molecule has 4 aromatic rings. The van der Waals surface area contributed by atoms with Crippen LogP contribution in [-0.4, -0.2) is 46.2 Å². The Bertz CT molecular complexity index is 1570. The number of carbonyl (C=O) groups is 2. The average molecular weight is 564 g/mol. The van der Waals surface area contributed by atoms with E-state index < -0.39 is 11.3 Å². The summed E-state index contributed by atoms with van der Waals surface area (Å²) in [6.45, 7) is 2.62. The number of hydrogen-bond acceptors (Lipinski definition) is 6. The first-order valence-electron chi connectivity index (χ1n) is 13.8. The lowest BCUT2D eigenvalue weighted by atomic mass is 9.99. The van der Waals surface area contributed by atoms with Crippen molar-refractivity contribution < 1.29 is 14.3 Å². The van der Waals surface area contributed by atoms with Crippen molar-refractivity contribution in [3.05, 3.63) is 108 Å². The highest BCUT2D eigenvalue weighted by Gasteiger charge is 2.47. The molecule has 0 aliphatic carbocycles. The number of para-hydroxylation sites is 1. The van der Waals surface area contributed by atoms with E-state index >= 15 is 0 Å². The Morgan fingerprint density at radius 3 is 2.49 bits per heavy atom. The van der Waals surface area contributed by atoms with Crippen molar-refractivity contribution in [1.29, 1.82) is 0 Å². The van der Waals surface area contributed by atoms with E-state index in [0.717, 1.165) is 48.1 Å². The van der Waals surface area contributed by atoms with E-state index in [-0.39, 0.29) is 18.0 Å². The Balaban J connectivity index is 1.05. The summed E-state index contributed by atoms with van der Waals surface area (Å²) in [7, 11) is 0. The van der Waals surface area contributed by atoms with Crippen LogP contribution in [0, 0.1) is 0 Å². The molecule has 8 nitrogen and oxygen atoms in total. The Morgan fingerprint density at radius 2 is 1.71 bits per heavy atom. The number of carbonyl (C=O) groups excluding carboxylic acids is 2. The highest BCUT2D eigenvalue weighted by Crippen LogP contribution is 2.50. The van der Waals surface area contributed by atoms with Crippen molar-refractivity contribution in [3.8, 4) is 11.5 Å². The highest BCUT2D eigenvalue weighted by atomic mass is 32.2. The lowest BCUT2D eigenvalue weighted by molar-refractivity contribution is -0.121. The van der Waals surface area contributed by atoms with Gasteiger partial charge >= 0.3 is 6.03 Å².